The molecule has 15 heavy (non-hydrogen) atoms. The molecule has 0 spiro atoms. The number of rotatable bonds is 4. The molecule has 1 amide bonds. The molecule has 0 fully saturated rings. The van der Waals surface area contributed by atoms with Crippen LogP contribution in [0.2, 0.25) is 0 Å². The summed E-state index contributed by atoms with van der Waals surface area (Å²) in [4.78, 5) is 18.5. The van der Waals surface area contributed by atoms with E-state index in [2.05, 4.69) is 25.8 Å². The minimum Gasteiger partial charge on any atom is -0.356 e. The summed E-state index contributed by atoms with van der Waals surface area (Å²) < 4.78 is 0.895. The van der Waals surface area contributed by atoms with Crippen molar-refractivity contribution in [2.24, 2.45) is 0 Å². The molecule has 84 valence electrons. The fraction of sp³-hybridized carbons (Fsp3) is 0.500. The van der Waals surface area contributed by atoms with Crippen LogP contribution in [-0.4, -0.2) is 54.9 Å². The van der Waals surface area contributed by atoms with Crippen LogP contribution in [0.5, 0.6) is 0 Å². The maximum Gasteiger partial charge on any atom is 0.270 e. The van der Waals surface area contributed by atoms with Crippen LogP contribution in [0.4, 0.5) is 0 Å². The third-order valence-electron chi connectivity index (χ3n) is 2.11. The molecule has 0 saturated heterocycles. The molecule has 0 aromatic carbocycles. The SMILES string of the molecule is CN(C)CCN(C)C(=O)c1cc(Br)c[nH]1. The Kier molecular flexibility index (Phi) is 4.35. The number of nitrogens with zero attached hydrogens (tertiary/aromatic N) is 2. The summed E-state index contributed by atoms with van der Waals surface area (Å²) in [5, 5.41) is 0. The van der Waals surface area contributed by atoms with Gasteiger partial charge < -0.3 is 14.8 Å². The third-order valence-corrected chi connectivity index (χ3v) is 2.57. The van der Waals surface area contributed by atoms with E-state index in [0.717, 1.165) is 17.6 Å². The molecule has 1 N–H and O–H groups in total. The van der Waals surface area contributed by atoms with E-state index in [9.17, 15) is 4.79 Å². The summed E-state index contributed by atoms with van der Waals surface area (Å²) in [6, 6.07) is 1.79. The molecule has 1 aromatic rings. The summed E-state index contributed by atoms with van der Waals surface area (Å²) in [5.41, 5.74) is 0.614. The Morgan fingerprint density at radius 1 is 1.40 bits per heavy atom. The second kappa shape index (κ2) is 5.32. The van der Waals surface area contributed by atoms with Gasteiger partial charge in [0.2, 0.25) is 0 Å². The summed E-state index contributed by atoms with van der Waals surface area (Å²) >= 11 is 3.30. The van der Waals surface area contributed by atoms with E-state index < -0.39 is 0 Å². The highest BCUT2D eigenvalue weighted by Gasteiger charge is 2.12. The lowest BCUT2D eigenvalue weighted by Gasteiger charge is -2.18. The number of carbonyl (C=O) groups excluding carboxylic acids is 1. The lowest BCUT2D eigenvalue weighted by atomic mass is 10.3. The predicted octanol–water partition coefficient (Wildman–Crippen LogP) is 1.41. The number of halogens is 1. The zero-order chi connectivity index (χ0) is 11.4. The third kappa shape index (κ3) is 3.68. The highest BCUT2D eigenvalue weighted by Crippen LogP contribution is 2.11. The zero-order valence-electron chi connectivity index (χ0n) is 9.25. The first kappa shape index (κ1) is 12.3. The van der Waals surface area contributed by atoms with Gasteiger partial charge in [-0.15, -0.1) is 0 Å². The zero-order valence-corrected chi connectivity index (χ0v) is 10.8. The molecule has 0 saturated carbocycles. The Morgan fingerprint density at radius 2 is 2.07 bits per heavy atom. The maximum atomic E-state index is 11.8. The first-order valence-corrected chi connectivity index (χ1v) is 5.54. The summed E-state index contributed by atoms with van der Waals surface area (Å²) in [6.07, 6.45) is 1.76. The highest BCUT2D eigenvalue weighted by atomic mass is 79.9. The number of aromatic nitrogens is 1. The second-order valence-electron chi connectivity index (χ2n) is 3.76. The molecular formula is C10H16BrN3O. The fourth-order valence-electron chi connectivity index (χ4n) is 1.15. The van der Waals surface area contributed by atoms with E-state index in [0.29, 0.717) is 5.69 Å². The Bertz CT molecular complexity index is 335. The molecule has 0 atom stereocenters. The largest absolute Gasteiger partial charge is 0.356 e. The number of nitrogens with one attached hydrogen (secondary N) is 1. The van der Waals surface area contributed by atoms with Crippen molar-refractivity contribution < 1.29 is 4.79 Å². The lowest BCUT2D eigenvalue weighted by molar-refractivity contribution is 0.0781. The van der Waals surface area contributed by atoms with Crippen LogP contribution in [0.25, 0.3) is 0 Å². The normalized spacial score (nSPS) is 10.7. The highest BCUT2D eigenvalue weighted by molar-refractivity contribution is 9.10. The molecule has 1 heterocycles. The number of hydrogen-bond donors (Lipinski definition) is 1. The molecule has 5 heteroatoms. The van der Waals surface area contributed by atoms with Gasteiger partial charge in [-0.05, 0) is 36.1 Å². The molecule has 0 radical (unpaired) electrons. The van der Waals surface area contributed by atoms with Crippen molar-refractivity contribution in [1.29, 1.82) is 0 Å². The summed E-state index contributed by atoms with van der Waals surface area (Å²) in [7, 11) is 5.79. The van der Waals surface area contributed by atoms with Crippen LogP contribution in [0.3, 0.4) is 0 Å². The van der Waals surface area contributed by atoms with Gasteiger partial charge in [-0.25, -0.2) is 0 Å². The van der Waals surface area contributed by atoms with Gasteiger partial charge in [0.1, 0.15) is 5.69 Å². The van der Waals surface area contributed by atoms with Crippen molar-refractivity contribution in [3.63, 3.8) is 0 Å². The van der Waals surface area contributed by atoms with Crippen molar-refractivity contribution in [1.82, 2.24) is 14.8 Å². The van der Waals surface area contributed by atoms with Gasteiger partial charge in [-0.1, -0.05) is 0 Å². The van der Waals surface area contributed by atoms with E-state index >= 15 is 0 Å². The van der Waals surface area contributed by atoms with Crippen molar-refractivity contribution in [3.8, 4) is 0 Å². The molecule has 0 aliphatic heterocycles. The fourth-order valence-corrected chi connectivity index (χ4v) is 1.49. The second-order valence-corrected chi connectivity index (χ2v) is 4.68. The van der Waals surface area contributed by atoms with Gasteiger partial charge >= 0.3 is 0 Å². The van der Waals surface area contributed by atoms with E-state index in [1.165, 1.54) is 0 Å². The Morgan fingerprint density at radius 3 is 2.53 bits per heavy atom. The topological polar surface area (TPSA) is 39.3 Å². The summed E-state index contributed by atoms with van der Waals surface area (Å²) in [6.45, 7) is 1.59. The molecule has 0 aliphatic rings. The average Bonchev–Trinajstić information content (AvgIpc) is 2.60. The molecule has 0 bridgehead atoms. The van der Waals surface area contributed by atoms with Crippen molar-refractivity contribution >= 4 is 21.8 Å². The Hall–Kier alpha value is -0.810. The van der Waals surface area contributed by atoms with Crippen molar-refractivity contribution in [2.45, 2.75) is 0 Å². The molecule has 1 rings (SSSR count). The number of H-pyrrole nitrogens is 1. The van der Waals surface area contributed by atoms with Crippen molar-refractivity contribution in [3.05, 3.63) is 22.4 Å². The maximum absolute atomic E-state index is 11.8. The van der Waals surface area contributed by atoms with Gasteiger partial charge in [0.15, 0.2) is 0 Å². The average molecular weight is 274 g/mol. The number of aromatic amines is 1. The smallest absolute Gasteiger partial charge is 0.270 e. The minimum atomic E-state index is 0.0163. The lowest BCUT2D eigenvalue weighted by Crippen LogP contribution is -2.33. The summed E-state index contributed by atoms with van der Waals surface area (Å²) in [5.74, 6) is 0.0163. The van der Waals surface area contributed by atoms with E-state index in [-0.39, 0.29) is 5.91 Å². The quantitative estimate of drug-likeness (QED) is 0.901. The Balaban J connectivity index is 2.53. The first-order valence-electron chi connectivity index (χ1n) is 4.75. The first-order chi connectivity index (χ1) is 7.00. The van der Waals surface area contributed by atoms with Gasteiger partial charge in [0.25, 0.3) is 5.91 Å². The standard InChI is InChI=1S/C10H16BrN3O/c1-13(2)4-5-14(3)10(15)9-6-8(11)7-12-9/h6-7,12H,4-5H2,1-3H3. The monoisotopic (exact) mass is 273 g/mol. The van der Waals surface area contributed by atoms with Gasteiger partial charge in [-0.2, -0.15) is 0 Å². The molecule has 4 nitrogen and oxygen atoms in total. The van der Waals surface area contributed by atoms with Crippen LogP contribution in [0, 0.1) is 0 Å². The van der Waals surface area contributed by atoms with E-state index in [1.54, 1.807) is 24.2 Å². The van der Waals surface area contributed by atoms with Crippen molar-refractivity contribution in [2.75, 3.05) is 34.2 Å². The van der Waals surface area contributed by atoms with Crippen LogP contribution >= 0.6 is 15.9 Å². The number of likely N-dealkylation sites (N-methyl/N-ethyl adjacent to an activating group) is 2. The Labute approximate surface area is 98.4 Å². The minimum absolute atomic E-state index is 0.0163. The van der Waals surface area contributed by atoms with Crippen LogP contribution < -0.4 is 0 Å². The van der Waals surface area contributed by atoms with E-state index in [4.69, 9.17) is 0 Å². The molecular weight excluding hydrogens is 258 g/mol. The van der Waals surface area contributed by atoms with Gasteiger partial charge in [-0.3, -0.25) is 4.79 Å². The molecule has 0 unspecified atom stereocenters. The van der Waals surface area contributed by atoms with Crippen LogP contribution in [0.15, 0.2) is 16.7 Å². The van der Waals surface area contributed by atoms with Crippen LogP contribution in [0.1, 0.15) is 10.5 Å². The van der Waals surface area contributed by atoms with Crippen LogP contribution in [-0.2, 0) is 0 Å². The van der Waals surface area contributed by atoms with Gasteiger partial charge in [0, 0.05) is 30.8 Å². The van der Waals surface area contributed by atoms with Gasteiger partial charge in [0.05, 0.1) is 0 Å². The van der Waals surface area contributed by atoms with E-state index in [1.807, 2.05) is 14.1 Å². The number of carbonyl (C=O) groups is 1. The molecule has 1 aromatic heterocycles. The number of amides is 1. The predicted molar refractivity (Wildman–Crippen MR) is 64.0 cm³/mol. The molecule has 0 aliphatic carbocycles. The number of hydrogen-bond acceptors (Lipinski definition) is 2.